The number of guanidine groups is 1. The molecule has 1 aromatic heterocycles. The summed E-state index contributed by atoms with van der Waals surface area (Å²) in [4.78, 5) is 21.1. The molecule has 0 saturated heterocycles. The van der Waals surface area contributed by atoms with Crippen LogP contribution >= 0.6 is 11.6 Å². The molecule has 2 aromatic carbocycles. The van der Waals surface area contributed by atoms with Gasteiger partial charge in [-0.25, -0.2) is 4.99 Å². The molecule has 6 heteroatoms. The predicted octanol–water partition coefficient (Wildman–Crippen LogP) is 4.44. The number of carbonyl (C=O) groups is 1. The third-order valence-electron chi connectivity index (χ3n) is 3.78. The molecule has 3 rings (SSSR count). The Morgan fingerprint density at radius 1 is 1.11 bits per heavy atom. The van der Waals surface area contributed by atoms with Gasteiger partial charge in [0.15, 0.2) is 0 Å². The normalized spacial score (nSPS) is 11.1. The van der Waals surface area contributed by atoms with E-state index in [1.54, 1.807) is 36.7 Å². The van der Waals surface area contributed by atoms with Crippen molar-refractivity contribution in [3.8, 4) is 0 Å². The second kappa shape index (κ2) is 8.96. The van der Waals surface area contributed by atoms with Crippen LogP contribution in [0, 0.1) is 6.92 Å². The molecule has 3 aromatic rings. The van der Waals surface area contributed by atoms with Gasteiger partial charge in [0.1, 0.15) is 0 Å². The second-order valence-electron chi connectivity index (χ2n) is 5.98. The molecule has 0 fully saturated rings. The van der Waals surface area contributed by atoms with Crippen LogP contribution in [0.2, 0.25) is 5.02 Å². The van der Waals surface area contributed by atoms with Gasteiger partial charge in [-0.3, -0.25) is 15.1 Å². The lowest BCUT2D eigenvalue weighted by molar-refractivity contribution is 0.0977. The van der Waals surface area contributed by atoms with E-state index in [1.807, 2.05) is 43.3 Å². The fraction of sp³-hybridized carbons (Fsp3) is 0.0952. The number of aliphatic imine (C=N–C) groups is 1. The molecule has 0 aliphatic heterocycles. The van der Waals surface area contributed by atoms with Crippen molar-refractivity contribution in [2.75, 3.05) is 5.32 Å². The van der Waals surface area contributed by atoms with Gasteiger partial charge >= 0.3 is 0 Å². The lowest BCUT2D eigenvalue weighted by atomic mass is 10.2. The maximum absolute atomic E-state index is 12.6. The van der Waals surface area contributed by atoms with E-state index in [4.69, 9.17) is 11.6 Å². The minimum absolute atomic E-state index is 0.290. The summed E-state index contributed by atoms with van der Waals surface area (Å²) in [6, 6.07) is 18.4. The largest absolute Gasteiger partial charge is 0.326 e. The molecule has 2 N–H and O–H groups in total. The number of nitrogens with zero attached hydrogens (tertiary/aromatic N) is 2. The van der Waals surface area contributed by atoms with Crippen LogP contribution in [0.5, 0.6) is 0 Å². The van der Waals surface area contributed by atoms with Crippen molar-refractivity contribution in [3.63, 3.8) is 0 Å². The number of nitrogens with one attached hydrogen (secondary N) is 2. The van der Waals surface area contributed by atoms with Gasteiger partial charge in [-0.15, -0.1) is 0 Å². The van der Waals surface area contributed by atoms with Gasteiger partial charge < -0.3 is 5.32 Å². The SMILES string of the molecule is Cc1ccc(NC(=NCc2cccnc2)NC(=O)c2cccc(Cl)c2)cc1. The Balaban J connectivity index is 1.79. The molecule has 0 atom stereocenters. The highest BCUT2D eigenvalue weighted by Crippen LogP contribution is 2.12. The summed E-state index contributed by atoms with van der Waals surface area (Å²) in [6.07, 6.45) is 3.45. The molecule has 0 unspecified atom stereocenters. The van der Waals surface area contributed by atoms with Gasteiger partial charge in [-0.05, 0) is 48.9 Å². The number of aryl methyl sites for hydroxylation is 1. The number of aromatic nitrogens is 1. The van der Waals surface area contributed by atoms with Gasteiger partial charge in [0.2, 0.25) is 5.96 Å². The van der Waals surface area contributed by atoms with Crippen molar-refractivity contribution < 1.29 is 4.79 Å². The first-order chi connectivity index (χ1) is 13.1. The molecule has 1 heterocycles. The van der Waals surface area contributed by atoms with Crippen molar-refractivity contribution in [2.45, 2.75) is 13.5 Å². The summed E-state index contributed by atoms with van der Waals surface area (Å²) in [5.74, 6) is 0.0646. The highest BCUT2D eigenvalue weighted by molar-refractivity contribution is 6.31. The van der Waals surface area contributed by atoms with E-state index in [-0.39, 0.29) is 5.91 Å². The van der Waals surface area contributed by atoms with Crippen LogP contribution in [0.25, 0.3) is 0 Å². The first kappa shape index (κ1) is 18.6. The van der Waals surface area contributed by atoms with Crippen LogP contribution in [-0.2, 0) is 6.54 Å². The van der Waals surface area contributed by atoms with Gasteiger partial charge in [0, 0.05) is 28.7 Å². The molecule has 0 radical (unpaired) electrons. The molecule has 0 aliphatic carbocycles. The highest BCUT2D eigenvalue weighted by atomic mass is 35.5. The van der Waals surface area contributed by atoms with Gasteiger partial charge in [0.25, 0.3) is 5.91 Å². The maximum atomic E-state index is 12.6. The Morgan fingerprint density at radius 2 is 1.93 bits per heavy atom. The number of hydrogen-bond acceptors (Lipinski definition) is 3. The Labute approximate surface area is 163 Å². The number of anilines is 1. The summed E-state index contributed by atoms with van der Waals surface area (Å²) in [7, 11) is 0. The third-order valence-corrected chi connectivity index (χ3v) is 4.01. The summed E-state index contributed by atoms with van der Waals surface area (Å²) in [6.45, 7) is 2.40. The molecule has 27 heavy (non-hydrogen) atoms. The minimum atomic E-state index is -0.290. The van der Waals surface area contributed by atoms with E-state index in [0.29, 0.717) is 23.1 Å². The Hall–Kier alpha value is -3.18. The van der Waals surface area contributed by atoms with Crippen molar-refractivity contribution in [3.05, 3.63) is 94.8 Å². The van der Waals surface area contributed by atoms with Crippen molar-refractivity contribution in [2.24, 2.45) is 4.99 Å². The maximum Gasteiger partial charge on any atom is 0.258 e. The average Bonchev–Trinajstić information content (AvgIpc) is 2.68. The topological polar surface area (TPSA) is 66.4 Å². The van der Waals surface area contributed by atoms with Crippen LogP contribution < -0.4 is 10.6 Å². The molecular weight excluding hydrogens is 360 g/mol. The summed E-state index contributed by atoms with van der Waals surface area (Å²) in [5.41, 5.74) is 3.38. The number of hydrogen-bond donors (Lipinski definition) is 2. The van der Waals surface area contributed by atoms with Crippen molar-refractivity contribution in [1.29, 1.82) is 0 Å². The smallest absolute Gasteiger partial charge is 0.258 e. The zero-order valence-electron chi connectivity index (χ0n) is 14.8. The number of halogens is 1. The minimum Gasteiger partial charge on any atom is -0.326 e. The Kier molecular flexibility index (Phi) is 6.18. The van der Waals surface area contributed by atoms with Gasteiger partial charge in [-0.2, -0.15) is 0 Å². The number of rotatable bonds is 4. The number of pyridine rings is 1. The van der Waals surface area contributed by atoms with E-state index in [9.17, 15) is 4.79 Å². The number of carbonyl (C=O) groups excluding carboxylic acids is 1. The second-order valence-corrected chi connectivity index (χ2v) is 6.42. The lowest BCUT2D eigenvalue weighted by Crippen LogP contribution is -2.36. The van der Waals surface area contributed by atoms with Gasteiger partial charge in [-0.1, -0.05) is 41.4 Å². The van der Waals surface area contributed by atoms with E-state index in [0.717, 1.165) is 16.8 Å². The van der Waals surface area contributed by atoms with Crippen LogP contribution in [0.3, 0.4) is 0 Å². The first-order valence-corrected chi connectivity index (χ1v) is 8.82. The van der Waals surface area contributed by atoms with Crippen molar-refractivity contribution in [1.82, 2.24) is 10.3 Å². The average molecular weight is 379 g/mol. The number of benzene rings is 2. The summed E-state index contributed by atoms with van der Waals surface area (Å²) in [5, 5.41) is 6.47. The highest BCUT2D eigenvalue weighted by Gasteiger charge is 2.10. The fourth-order valence-corrected chi connectivity index (χ4v) is 2.55. The molecule has 0 spiro atoms. The van der Waals surface area contributed by atoms with E-state index in [1.165, 1.54) is 0 Å². The molecule has 0 bridgehead atoms. The predicted molar refractivity (Wildman–Crippen MR) is 109 cm³/mol. The Bertz CT molecular complexity index is 940. The van der Waals surface area contributed by atoms with E-state index in [2.05, 4.69) is 20.6 Å². The van der Waals surface area contributed by atoms with Crippen LogP contribution in [0.15, 0.2) is 78.0 Å². The fourth-order valence-electron chi connectivity index (χ4n) is 2.36. The molecule has 0 saturated carbocycles. The zero-order chi connectivity index (χ0) is 19.1. The van der Waals surface area contributed by atoms with E-state index >= 15 is 0 Å². The quantitative estimate of drug-likeness (QED) is 0.521. The lowest BCUT2D eigenvalue weighted by Gasteiger charge is -2.12. The third kappa shape index (κ3) is 5.66. The molecule has 0 aliphatic rings. The van der Waals surface area contributed by atoms with Crippen LogP contribution in [0.1, 0.15) is 21.5 Å². The zero-order valence-corrected chi connectivity index (χ0v) is 15.6. The standard InChI is InChI=1S/C21H19ClN4O/c1-15-7-9-19(10-8-15)25-21(24-14-16-4-3-11-23-13-16)26-20(27)17-5-2-6-18(22)12-17/h2-13H,14H2,1H3,(H2,24,25,26,27). The first-order valence-electron chi connectivity index (χ1n) is 8.44. The molecule has 5 nitrogen and oxygen atoms in total. The van der Waals surface area contributed by atoms with E-state index < -0.39 is 0 Å². The molecular formula is C21H19ClN4O. The molecule has 1 amide bonds. The van der Waals surface area contributed by atoms with Crippen LogP contribution in [0.4, 0.5) is 5.69 Å². The number of amides is 1. The summed E-state index contributed by atoms with van der Waals surface area (Å²) >= 11 is 5.98. The molecule has 136 valence electrons. The van der Waals surface area contributed by atoms with Crippen molar-refractivity contribution >= 4 is 29.2 Å². The van der Waals surface area contributed by atoms with Crippen LogP contribution in [-0.4, -0.2) is 16.9 Å². The Morgan fingerprint density at radius 3 is 2.63 bits per heavy atom. The monoisotopic (exact) mass is 378 g/mol. The van der Waals surface area contributed by atoms with Gasteiger partial charge in [0.05, 0.1) is 6.54 Å². The summed E-state index contributed by atoms with van der Waals surface area (Å²) < 4.78 is 0.